The number of allylic oxidation sites excluding steroid dienone is 1. The molecule has 0 aromatic heterocycles. The van der Waals surface area contributed by atoms with Gasteiger partial charge in [0.05, 0.1) is 29.6 Å². The Kier molecular flexibility index (Phi) is 4.15. The van der Waals surface area contributed by atoms with Gasteiger partial charge in [-0.15, -0.1) is 0 Å². The van der Waals surface area contributed by atoms with Crippen molar-refractivity contribution in [2.24, 2.45) is 11.8 Å². The molecule has 1 N–H and O–H groups in total. The van der Waals surface area contributed by atoms with Crippen LogP contribution in [0.25, 0.3) is 16.7 Å². The van der Waals surface area contributed by atoms with Crippen LogP contribution in [0.5, 0.6) is 0 Å². The zero-order chi connectivity index (χ0) is 19.6. The van der Waals surface area contributed by atoms with Crippen molar-refractivity contribution in [3.63, 3.8) is 0 Å². The summed E-state index contributed by atoms with van der Waals surface area (Å²) in [6.07, 6.45) is 2.61. The van der Waals surface area contributed by atoms with E-state index in [9.17, 15) is 9.90 Å². The summed E-state index contributed by atoms with van der Waals surface area (Å²) in [6, 6.07) is 12.1. The van der Waals surface area contributed by atoms with Crippen LogP contribution in [0.15, 0.2) is 42.2 Å². The lowest BCUT2D eigenvalue weighted by atomic mass is 9.80. The van der Waals surface area contributed by atoms with Gasteiger partial charge in [0.25, 0.3) is 0 Å². The Morgan fingerprint density at radius 1 is 1.07 bits per heavy atom. The summed E-state index contributed by atoms with van der Waals surface area (Å²) in [5, 5.41) is 11.7. The van der Waals surface area contributed by atoms with E-state index in [1.807, 2.05) is 25.1 Å². The molecule has 4 heteroatoms. The first-order valence-electron chi connectivity index (χ1n) is 10.0. The number of fused-ring (bicyclic) bond motifs is 5. The normalized spacial score (nSPS) is 28.3. The number of aliphatic hydroxyl groups is 1. The number of carbonyl (C=O) groups is 1. The maximum absolute atomic E-state index is 13.3. The summed E-state index contributed by atoms with van der Waals surface area (Å²) < 4.78 is 5.91. The average molecular weight is 395 g/mol. The van der Waals surface area contributed by atoms with Crippen LogP contribution in [0.4, 0.5) is 0 Å². The minimum absolute atomic E-state index is 0.0109. The van der Waals surface area contributed by atoms with Crippen LogP contribution in [0.2, 0.25) is 5.02 Å². The third kappa shape index (κ3) is 2.49. The fourth-order valence-corrected chi connectivity index (χ4v) is 5.55. The molecule has 2 fully saturated rings. The number of hydrogen-bond acceptors (Lipinski definition) is 3. The van der Waals surface area contributed by atoms with Crippen LogP contribution in [0.1, 0.15) is 36.5 Å². The SMILES string of the molecule is CCc1ccc(-c2ccc(Cl)cc2C)cc1C1=C(O)[C@@H]2C3CCC(O3)[C@@H]2C1=O. The highest BCUT2D eigenvalue weighted by Crippen LogP contribution is 2.54. The number of aliphatic hydroxyl groups excluding tert-OH is 1. The molecule has 2 aromatic carbocycles. The predicted molar refractivity (Wildman–Crippen MR) is 110 cm³/mol. The van der Waals surface area contributed by atoms with Crippen molar-refractivity contribution < 1.29 is 14.6 Å². The molecular formula is C24H23ClO3. The fraction of sp³-hybridized carbons (Fsp3) is 0.375. The summed E-state index contributed by atoms with van der Waals surface area (Å²) in [5.41, 5.74) is 5.67. The first-order valence-corrected chi connectivity index (χ1v) is 10.4. The Morgan fingerprint density at radius 3 is 2.50 bits per heavy atom. The van der Waals surface area contributed by atoms with E-state index >= 15 is 0 Å². The lowest BCUT2D eigenvalue weighted by molar-refractivity contribution is -0.118. The molecule has 4 atom stereocenters. The van der Waals surface area contributed by atoms with E-state index < -0.39 is 0 Å². The van der Waals surface area contributed by atoms with Crippen LogP contribution < -0.4 is 0 Å². The highest BCUT2D eigenvalue weighted by molar-refractivity contribution is 6.30. The molecule has 2 aliphatic heterocycles. The van der Waals surface area contributed by atoms with Gasteiger partial charge in [-0.25, -0.2) is 0 Å². The van der Waals surface area contributed by atoms with Gasteiger partial charge in [-0.2, -0.15) is 0 Å². The monoisotopic (exact) mass is 394 g/mol. The van der Waals surface area contributed by atoms with Gasteiger partial charge >= 0.3 is 0 Å². The van der Waals surface area contributed by atoms with E-state index in [-0.39, 0.29) is 35.6 Å². The van der Waals surface area contributed by atoms with Gasteiger partial charge in [0.1, 0.15) is 5.76 Å². The second-order valence-corrected chi connectivity index (χ2v) is 8.59. The topological polar surface area (TPSA) is 46.5 Å². The van der Waals surface area contributed by atoms with E-state index in [2.05, 4.69) is 25.1 Å². The van der Waals surface area contributed by atoms with Gasteiger partial charge in [0.2, 0.25) is 0 Å². The molecule has 2 bridgehead atoms. The molecule has 3 nitrogen and oxygen atoms in total. The number of carbonyl (C=O) groups excluding carboxylic acids is 1. The maximum Gasteiger partial charge on any atom is 0.173 e. The Bertz CT molecular complexity index is 1020. The van der Waals surface area contributed by atoms with Crippen molar-refractivity contribution >= 4 is 23.0 Å². The standard InChI is InChI=1S/C24H23ClO3/c1-3-13-4-5-14(16-7-6-15(25)10-12(16)2)11-17(13)20-23(26)21-18-8-9-19(28-18)22(21)24(20)27/h4-7,10-11,18-19,21-22,26H,3,8-9H2,1-2H3/t18?,19?,21-,22+/m1/s1. The van der Waals surface area contributed by atoms with Crippen molar-refractivity contribution in [3.05, 3.63) is 63.9 Å². The number of benzene rings is 2. The molecule has 28 heavy (non-hydrogen) atoms. The average Bonchev–Trinajstić information content (AvgIpc) is 3.35. The zero-order valence-electron chi connectivity index (χ0n) is 16.0. The number of aryl methyl sites for hydroxylation is 2. The molecule has 2 heterocycles. The molecule has 5 rings (SSSR count). The molecule has 3 aliphatic rings. The first-order chi connectivity index (χ1) is 13.5. The molecule has 0 saturated carbocycles. The number of halogens is 1. The highest BCUT2D eigenvalue weighted by Gasteiger charge is 2.59. The van der Waals surface area contributed by atoms with Crippen molar-refractivity contribution in [1.29, 1.82) is 0 Å². The Balaban J connectivity index is 1.64. The molecule has 0 spiro atoms. The smallest absolute Gasteiger partial charge is 0.173 e. The van der Waals surface area contributed by atoms with Crippen LogP contribution in [0, 0.1) is 18.8 Å². The minimum Gasteiger partial charge on any atom is -0.511 e. The molecule has 2 saturated heterocycles. The van der Waals surface area contributed by atoms with Gasteiger partial charge in [-0.3, -0.25) is 4.79 Å². The highest BCUT2D eigenvalue weighted by atomic mass is 35.5. The summed E-state index contributed by atoms with van der Waals surface area (Å²) in [4.78, 5) is 13.3. The second kappa shape index (κ2) is 6.47. The molecular weight excluding hydrogens is 372 g/mol. The number of ketones is 1. The molecule has 0 radical (unpaired) electrons. The molecule has 0 amide bonds. The largest absolute Gasteiger partial charge is 0.511 e. The summed E-state index contributed by atoms with van der Waals surface area (Å²) in [6.45, 7) is 4.11. The number of hydrogen-bond donors (Lipinski definition) is 1. The zero-order valence-corrected chi connectivity index (χ0v) is 16.8. The van der Waals surface area contributed by atoms with Crippen molar-refractivity contribution in [2.75, 3.05) is 0 Å². The van der Waals surface area contributed by atoms with Crippen LogP contribution >= 0.6 is 11.6 Å². The van der Waals surface area contributed by atoms with Gasteiger partial charge < -0.3 is 9.84 Å². The Hall–Kier alpha value is -2.10. The summed E-state index contributed by atoms with van der Waals surface area (Å²) in [7, 11) is 0. The van der Waals surface area contributed by atoms with Crippen LogP contribution in [-0.2, 0) is 16.0 Å². The van der Waals surface area contributed by atoms with Gasteiger partial charge in [0, 0.05) is 5.02 Å². The molecule has 2 unspecified atom stereocenters. The minimum atomic E-state index is -0.209. The van der Waals surface area contributed by atoms with E-state index in [1.165, 1.54) is 0 Å². The first kappa shape index (κ1) is 18.0. The number of Topliss-reactive ketones (excluding diaryl/α,β-unsaturated/α-hetero) is 1. The maximum atomic E-state index is 13.3. The van der Waals surface area contributed by atoms with Crippen molar-refractivity contribution in [2.45, 2.75) is 45.3 Å². The third-order valence-electron chi connectivity index (χ3n) is 6.65. The summed E-state index contributed by atoms with van der Waals surface area (Å²) in [5.74, 6) is -0.0810. The Morgan fingerprint density at radius 2 is 1.82 bits per heavy atom. The molecule has 1 aliphatic carbocycles. The third-order valence-corrected chi connectivity index (χ3v) is 6.89. The van der Waals surface area contributed by atoms with E-state index in [0.29, 0.717) is 10.6 Å². The quantitative estimate of drug-likeness (QED) is 0.745. The predicted octanol–water partition coefficient (Wildman–Crippen LogP) is 5.52. The lowest BCUT2D eigenvalue weighted by Crippen LogP contribution is -2.29. The van der Waals surface area contributed by atoms with E-state index in [0.717, 1.165) is 47.1 Å². The van der Waals surface area contributed by atoms with E-state index in [1.54, 1.807) is 0 Å². The van der Waals surface area contributed by atoms with Gasteiger partial charge in [-0.05, 0) is 72.2 Å². The fourth-order valence-electron chi connectivity index (χ4n) is 5.32. The van der Waals surface area contributed by atoms with Crippen LogP contribution in [0.3, 0.4) is 0 Å². The number of rotatable bonds is 3. The summed E-state index contributed by atoms with van der Waals surface area (Å²) >= 11 is 6.12. The van der Waals surface area contributed by atoms with Crippen molar-refractivity contribution in [1.82, 2.24) is 0 Å². The lowest BCUT2D eigenvalue weighted by Gasteiger charge is -2.19. The van der Waals surface area contributed by atoms with E-state index in [4.69, 9.17) is 16.3 Å². The van der Waals surface area contributed by atoms with Crippen molar-refractivity contribution in [3.8, 4) is 11.1 Å². The Labute approximate surface area is 170 Å². The molecule has 2 aromatic rings. The second-order valence-electron chi connectivity index (χ2n) is 8.15. The number of ether oxygens (including phenoxy) is 1. The van der Waals surface area contributed by atoms with Gasteiger partial charge in [-0.1, -0.05) is 36.7 Å². The molecule has 144 valence electrons. The van der Waals surface area contributed by atoms with Crippen LogP contribution in [-0.4, -0.2) is 23.1 Å². The van der Waals surface area contributed by atoms with Gasteiger partial charge in [0.15, 0.2) is 5.78 Å².